The molecule has 1 aliphatic heterocycles. The maximum Gasteiger partial charge on any atom is 0.270 e. The number of amides is 1. The lowest BCUT2D eigenvalue weighted by molar-refractivity contribution is 0.0615. The van der Waals surface area contributed by atoms with E-state index in [1.807, 2.05) is 23.1 Å². The van der Waals surface area contributed by atoms with Gasteiger partial charge in [-0.15, -0.1) is 11.3 Å². The van der Waals surface area contributed by atoms with Gasteiger partial charge in [-0.1, -0.05) is 18.2 Å². The summed E-state index contributed by atoms with van der Waals surface area (Å²) in [4.78, 5) is 17.3. The minimum Gasteiger partial charge on any atom is -0.335 e. The number of aromatic nitrogens is 1. The van der Waals surface area contributed by atoms with E-state index in [-0.39, 0.29) is 17.8 Å². The normalized spacial score (nSPS) is 15.8. The maximum atomic E-state index is 13.9. The third kappa shape index (κ3) is 3.51. The van der Waals surface area contributed by atoms with Gasteiger partial charge in [-0.3, -0.25) is 9.69 Å². The Hall–Kier alpha value is -2.18. The summed E-state index contributed by atoms with van der Waals surface area (Å²) >= 11 is 1.67. The van der Waals surface area contributed by atoms with E-state index in [0.717, 1.165) is 29.0 Å². The lowest BCUT2D eigenvalue weighted by Gasteiger charge is -2.35. The van der Waals surface area contributed by atoms with E-state index < -0.39 is 0 Å². The van der Waals surface area contributed by atoms with Gasteiger partial charge in [0, 0.05) is 44.3 Å². The number of hydrogen-bond donors (Lipinski definition) is 0. The Balaban J connectivity index is 1.45. The van der Waals surface area contributed by atoms with Crippen LogP contribution in [0.15, 0.2) is 41.8 Å². The Kier molecular flexibility index (Phi) is 5.02. The largest absolute Gasteiger partial charge is 0.335 e. The summed E-state index contributed by atoms with van der Waals surface area (Å²) in [6, 6.07) is 11.2. The SMILES string of the molecule is CC(C)n1c(C(=O)N2CCN(Cc3ccccc3F)CC2)cc2sccc21. The van der Waals surface area contributed by atoms with Crippen LogP contribution < -0.4 is 0 Å². The van der Waals surface area contributed by atoms with E-state index in [0.29, 0.717) is 25.2 Å². The number of carbonyl (C=O) groups is 1. The maximum absolute atomic E-state index is 13.9. The Morgan fingerprint density at radius 1 is 1.15 bits per heavy atom. The first-order valence-corrected chi connectivity index (χ1v) is 10.3. The molecule has 1 saturated heterocycles. The van der Waals surface area contributed by atoms with E-state index in [4.69, 9.17) is 0 Å². The van der Waals surface area contributed by atoms with Crippen molar-refractivity contribution in [3.05, 3.63) is 58.9 Å². The highest BCUT2D eigenvalue weighted by Crippen LogP contribution is 2.29. The molecule has 1 aliphatic rings. The Morgan fingerprint density at radius 3 is 2.59 bits per heavy atom. The summed E-state index contributed by atoms with van der Waals surface area (Å²) in [6.07, 6.45) is 0. The minimum absolute atomic E-state index is 0.0950. The van der Waals surface area contributed by atoms with Crippen LogP contribution in [0.2, 0.25) is 0 Å². The number of halogens is 1. The molecule has 0 N–H and O–H groups in total. The van der Waals surface area contributed by atoms with Crippen LogP contribution in [-0.2, 0) is 6.54 Å². The van der Waals surface area contributed by atoms with Crippen molar-refractivity contribution < 1.29 is 9.18 Å². The summed E-state index contributed by atoms with van der Waals surface area (Å²) < 4.78 is 17.2. The lowest BCUT2D eigenvalue weighted by atomic mass is 10.2. The zero-order valence-electron chi connectivity index (χ0n) is 15.7. The Morgan fingerprint density at radius 2 is 1.89 bits per heavy atom. The highest BCUT2D eigenvalue weighted by molar-refractivity contribution is 7.17. The van der Waals surface area contributed by atoms with Crippen molar-refractivity contribution in [2.75, 3.05) is 26.2 Å². The monoisotopic (exact) mass is 385 g/mol. The molecule has 142 valence electrons. The molecular formula is C21H24FN3OS. The van der Waals surface area contributed by atoms with Crippen LogP contribution in [0.1, 0.15) is 35.9 Å². The molecule has 0 bridgehead atoms. The molecule has 3 heterocycles. The molecular weight excluding hydrogens is 361 g/mol. The highest BCUT2D eigenvalue weighted by atomic mass is 32.1. The molecule has 0 saturated carbocycles. The highest BCUT2D eigenvalue weighted by Gasteiger charge is 2.26. The van der Waals surface area contributed by atoms with Gasteiger partial charge in [0.1, 0.15) is 11.5 Å². The number of hydrogen-bond acceptors (Lipinski definition) is 3. The first-order chi connectivity index (χ1) is 13.0. The molecule has 1 amide bonds. The van der Waals surface area contributed by atoms with Crippen LogP contribution in [0.25, 0.3) is 10.2 Å². The number of thiophene rings is 1. The van der Waals surface area contributed by atoms with Crippen LogP contribution in [0, 0.1) is 5.82 Å². The predicted molar refractivity (Wildman–Crippen MR) is 108 cm³/mol. The van der Waals surface area contributed by atoms with E-state index in [1.54, 1.807) is 17.4 Å². The smallest absolute Gasteiger partial charge is 0.270 e. The number of piperazine rings is 1. The van der Waals surface area contributed by atoms with E-state index in [2.05, 4.69) is 34.8 Å². The quantitative estimate of drug-likeness (QED) is 0.667. The molecule has 4 rings (SSSR count). The van der Waals surface area contributed by atoms with Crippen molar-refractivity contribution in [1.29, 1.82) is 0 Å². The van der Waals surface area contributed by atoms with Gasteiger partial charge >= 0.3 is 0 Å². The fourth-order valence-electron chi connectivity index (χ4n) is 3.80. The molecule has 0 atom stereocenters. The number of nitrogens with zero attached hydrogens (tertiary/aromatic N) is 3. The fraction of sp³-hybridized carbons (Fsp3) is 0.381. The van der Waals surface area contributed by atoms with Gasteiger partial charge in [0.25, 0.3) is 5.91 Å². The third-order valence-electron chi connectivity index (χ3n) is 5.21. The van der Waals surface area contributed by atoms with E-state index >= 15 is 0 Å². The van der Waals surface area contributed by atoms with Gasteiger partial charge in [0.05, 0.1) is 10.2 Å². The van der Waals surface area contributed by atoms with Gasteiger partial charge in [0.2, 0.25) is 0 Å². The van der Waals surface area contributed by atoms with Crippen LogP contribution >= 0.6 is 11.3 Å². The number of carbonyl (C=O) groups excluding carboxylic acids is 1. The van der Waals surface area contributed by atoms with E-state index in [9.17, 15) is 9.18 Å². The van der Waals surface area contributed by atoms with Gasteiger partial charge < -0.3 is 9.47 Å². The van der Waals surface area contributed by atoms with Gasteiger partial charge in [0.15, 0.2) is 0 Å². The summed E-state index contributed by atoms with van der Waals surface area (Å²) in [5.41, 5.74) is 2.62. The molecule has 2 aromatic heterocycles. The molecule has 0 spiro atoms. The third-order valence-corrected chi connectivity index (χ3v) is 6.06. The lowest BCUT2D eigenvalue weighted by Crippen LogP contribution is -2.48. The van der Waals surface area contributed by atoms with Gasteiger partial charge in [-0.25, -0.2) is 4.39 Å². The molecule has 27 heavy (non-hydrogen) atoms. The summed E-state index contributed by atoms with van der Waals surface area (Å²) in [5.74, 6) is -0.0662. The molecule has 0 aliphatic carbocycles. The van der Waals surface area contributed by atoms with E-state index in [1.165, 1.54) is 6.07 Å². The zero-order valence-corrected chi connectivity index (χ0v) is 16.5. The standard InChI is InChI=1S/C21H24FN3OS/c1-15(2)25-18-7-12-27-20(18)13-19(25)21(26)24-10-8-23(9-11-24)14-16-5-3-4-6-17(16)22/h3-7,12-13,15H,8-11,14H2,1-2H3. The average molecular weight is 386 g/mol. The van der Waals surface area contributed by atoms with Crippen LogP contribution in [0.4, 0.5) is 4.39 Å². The van der Waals surface area contributed by atoms with Gasteiger partial charge in [-0.05, 0) is 37.4 Å². The molecule has 0 radical (unpaired) electrons. The number of rotatable bonds is 4. The van der Waals surface area contributed by atoms with Gasteiger partial charge in [-0.2, -0.15) is 0 Å². The van der Waals surface area contributed by atoms with Crippen molar-refractivity contribution in [2.24, 2.45) is 0 Å². The minimum atomic E-state index is -0.161. The number of benzene rings is 1. The average Bonchev–Trinajstić information content (AvgIpc) is 3.24. The van der Waals surface area contributed by atoms with Crippen molar-refractivity contribution in [1.82, 2.24) is 14.4 Å². The topological polar surface area (TPSA) is 28.5 Å². The molecule has 4 nitrogen and oxygen atoms in total. The number of fused-ring (bicyclic) bond motifs is 1. The van der Waals surface area contributed by atoms with Crippen molar-refractivity contribution in [2.45, 2.75) is 26.4 Å². The second kappa shape index (κ2) is 7.44. The first-order valence-electron chi connectivity index (χ1n) is 9.38. The molecule has 0 unspecified atom stereocenters. The summed E-state index contributed by atoms with van der Waals surface area (Å²) in [7, 11) is 0. The van der Waals surface area contributed by atoms with Crippen molar-refractivity contribution in [3.63, 3.8) is 0 Å². The second-order valence-electron chi connectivity index (χ2n) is 7.32. The summed E-state index contributed by atoms with van der Waals surface area (Å²) in [6.45, 7) is 7.68. The fourth-order valence-corrected chi connectivity index (χ4v) is 4.61. The molecule has 1 aromatic carbocycles. The predicted octanol–water partition coefficient (Wildman–Crippen LogP) is 4.38. The molecule has 6 heteroatoms. The zero-order chi connectivity index (χ0) is 19.0. The summed E-state index contributed by atoms with van der Waals surface area (Å²) in [5, 5.41) is 2.07. The van der Waals surface area contributed by atoms with Crippen LogP contribution in [-0.4, -0.2) is 46.5 Å². The van der Waals surface area contributed by atoms with Crippen molar-refractivity contribution in [3.8, 4) is 0 Å². The molecule has 3 aromatic rings. The Bertz CT molecular complexity index is 953. The molecule has 1 fully saturated rings. The second-order valence-corrected chi connectivity index (χ2v) is 8.27. The van der Waals surface area contributed by atoms with Crippen molar-refractivity contribution >= 4 is 27.5 Å². The first kappa shape index (κ1) is 18.2. The van der Waals surface area contributed by atoms with Crippen LogP contribution in [0.5, 0.6) is 0 Å². The Labute approximate surface area is 162 Å². The van der Waals surface area contributed by atoms with Crippen LogP contribution in [0.3, 0.4) is 0 Å².